The first-order chi connectivity index (χ1) is 9.10. The highest BCUT2D eigenvalue weighted by molar-refractivity contribution is 5.73. The molecule has 1 saturated heterocycles. The number of rotatable bonds is 4. The molecule has 2 atom stereocenters. The van der Waals surface area contributed by atoms with Gasteiger partial charge in [0.2, 0.25) is 5.91 Å². The summed E-state index contributed by atoms with van der Waals surface area (Å²) in [5, 5.41) is 12.6. The summed E-state index contributed by atoms with van der Waals surface area (Å²) in [6, 6.07) is 4.07. The van der Waals surface area contributed by atoms with Crippen LogP contribution in [0, 0.1) is 0 Å². The Morgan fingerprint density at radius 1 is 1.63 bits per heavy atom. The van der Waals surface area contributed by atoms with Gasteiger partial charge in [-0.05, 0) is 25.0 Å². The van der Waals surface area contributed by atoms with Gasteiger partial charge in [0, 0.05) is 26.1 Å². The van der Waals surface area contributed by atoms with Crippen molar-refractivity contribution in [3.63, 3.8) is 0 Å². The Kier molecular flexibility index (Phi) is 4.37. The van der Waals surface area contributed by atoms with E-state index in [1.165, 1.54) is 0 Å². The van der Waals surface area contributed by atoms with Crippen molar-refractivity contribution in [1.29, 1.82) is 0 Å². The number of pyridine rings is 1. The molecular formula is C14H21N3O2. The lowest BCUT2D eigenvalue weighted by atomic mass is 10.2. The Morgan fingerprint density at radius 2 is 2.42 bits per heavy atom. The summed E-state index contributed by atoms with van der Waals surface area (Å²) in [5.41, 5.74) is 1.75. The number of aromatic nitrogens is 1. The minimum atomic E-state index is -0.486. The van der Waals surface area contributed by atoms with E-state index in [0.29, 0.717) is 12.1 Å². The SMILES string of the molecule is CCC(O)c1ccc(N2CCC(NC(C)=O)C2)cn1. The highest BCUT2D eigenvalue weighted by atomic mass is 16.3. The van der Waals surface area contributed by atoms with E-state index in [4.69, 9.17) is 0 Å². The summed E-state index contributed by atoms with van der Waals surface area (Å²) in [7, 11) is 0. The highest BCUT2D eigenvalue weighted by Crippen LogP contribution is 2.22. The van der Waals surface area contributed by atoms with Gasteiger partial charge in [0.15, 0.2) is 0 Å². The molecule has 0 aromatic carbocycles. The third-order valence-corrected chi connectivity index (χ3v) is 3.46. The van der Waals surface area contributed by atoms with Gasteiger partial charge in [0.1, 0.15) is 0 Å². The van der Waals surface area contributed by atoms with Crippen LogP contribution in [0.25, 0.3) is 0 Å². The number of anilines is 1. The number of aliphatic hydroxyl groups excluding tert-OH is 1. The Balaban J connectivity index is 1.98. The molecule has 2 heterocycles. The molecule has 1 aliphatic rings. The maximum absolute atomic E-state index is 11.0. The Hall–Kier alpha value is -1.62. The maximum atomic E-state index is 11.0. The van der Waals surface area contributed by atoms with Crippen LogP contribution in [0.15, 0.2) is 18.3 Å². The van der Waals surface area contributed by atoms with E-state index in [1.54, 1.807) is 13.1 Å². The van der Waals surface area contributed by atoms with Crippen LogP contribution >= 0.6 is 0 Å². The number of nitrogens with one attached hydrogen (secondary N) is 1. The second kappa shape index (κ2) is 6.02. The molecule has 5 heteroatoms. The summed E-state index contributed by atoms with van der Waals surface area (Å²) in [6.07, 6.45) is 2.93. The number of aliphatic hydroxyl groups is 1. The summed E-state index contributed by atoms with van der Waals surface area (Å²) in [6.45, 7) is 5.21. The van der Waals surface area contributed by atoms with Crippen LogP contribution < -0.4 is 10.2 Å². The molecule has 104 valence electrons. The average molecular weight is 263 g/mol. The smallest absolute Gasteiger partial charge is 0.217 e. The van der Waals surface area contributed by atoms with Crippen LogP contribution in [0.3, 0.4) is 0 Å². The number of hydrogen-bond acceptors (Lipinski definition) is 4. The van der Waals surface area contributed by atoms with Crippen molar-refractivity contribution in [2.24, 2.45) is 0 Å². The van der Waals surface area contributed by atoms with Crippen LogP contribution in [0.1, 0.15) is 38.5 Å². The van der Waals surface area contributed by atoms with Gasteiger partial charge in [-0.1, -0.05) is 6.92 Å². The molecule has 5 nitrogen and oxygen atoms in total. The van der Waals surface area contributed by atoms with Crippen LogP contribution in [-0.2, 0) is 4.79 Å². The molecule has 0 saturated carbocycles. The van der Waals surface area contributed by atoms with Crippen molar-refractivity contribution in [1.82, 2.24) is 10.3 Å². The van der Waals surface area contributed by atoms with Gasteiger partial charge in [-0.3, -0.25) is 9.78 Å². The zero-order valence-electron chi connectivity index (χ0n) is 11.5. The van der Waals surface area contributed by atoms with Gasteiger partial charge < -0.3 is 15.3 Å². The lowest BCUT2D eigenvalue weighted by molar-refractivity contribution is -0.119. The lowest BCUT2D eigenvalue weighted by Gasteiger charge is -2.19. The monoisotopic (exact) mass is 263 g/mol. The second-order valence-electron chi connectivity index (χ2n) is 5.00. The standard InChI is InChI=1S/C14H21N3O2/c1-3-14(19)13-5-4-12(8-15-13)17-7-6-11(9-17)16-10(2)18/h4-5,8,11,14,19H,3,6-7,9H2,1-2H3,(H,16,18). The first kappa shape index (κ1) is 13.8. The van der Waals surface area contributed by atoms with Gasteiger partial charge in [0.05, 0.1) is 23.7 Å². The first-order valence-electron chi connectivity index (χ1n) is 6.76. The molecule has 0 bridgehead atoms. The van der Waals surface area contributed by atoms with Gasteiger partial charge >= 0.3 is 0 Å². The quantitative estimate of drug-likeness (QED) is 0.858. The van der Waals surface area contributed by atoms with E-state index < -0.39 is 6.10 Å². The molecule has 1 amide bonds. The van der Waals surface area contributed by atoms with Gasteiger partial charge in [-0.25, -0.2) is 0 Å². The fraction of sp³-hybridized carbons (Fsp3) is 0.571. The third-order valence-electron chi connectivity index (χ3n) is 3.46. The topological polar surface area (TPSA) is 65.5 Å². The van der Waals surface area contributed by atoms with Crippen molar-refractivity contribution < 1.29 is 9.90 Å². The fourth-order valence-electron chi connectivity index (χ4n) is 2.39. The predicted octanol–water partition coefficient (Wildman–Crippen LogP) is 1.24. The zero-order chi connectivity index (χ0) is 13.8. The van der Waals surface area contributed by atoms with Crippen LogP contribution in [-0.4, -0.2) is 35.1 Å². The van der Waals surface area contributed by atoms with E-state index in [2.05, 4.69) is 15.2 Å². The summed E-state index contributed by atoms with van der Waals surface area (Å²) in [5.74, 6) is 0.0198. The van der Waals surface area contributed by atoms with Crippen molar-refractivity contribution in [2.45, 2.75) is 38.8 Å². The molecule has 2 rings (SSSR count). The van der Waals surface area contributed by atoms with Crippen molar-refractivity contribution in [3.05, 3.63) is 24.0 Å². The third kappa shape index (κ3) is 3.44. The molecule has 19 heavy (non-hydrogen) atoms. The second-order valence-corrected chi connectivity index (χ2v) is 5.00. The number of carbonyl (C=O) groups excluding carboxylic acids is 1. The van der Waals surface area contributed by atoms with E-state index in [9.17, 15) is 9.90 Å². The molecule has 2 unspecified atom stereocenters. The first-order valence-corrected chi connectivity index (χ1v) is 6.76. The molecule has 0 spiro atoms. The molecule has 0 aliphatic carbocycles. The van der Waals surface area contributed by atoms with Gasteiger partial charge in [-0.2, -0.15) is 0 Å². The van der Waals surface area contributed by atoms with E-state index in [-0.39, 0.29) is 11.9 Å². The molecular weight excluding hydrogens is 242 g/mol. The predicted molar refractivity (Wildman–Crippen MR) is 73.9 cm³/mol. The van der Waals surface area contributed by atoms with Gasteiger partial charge in [-0.15, -0.1) is 0 Å². The Morgan fingerprint density at radius 3 is 3.00 bits per heavy atom. The molecule has 0 radical (unpaired) electrons. The number of nitrogens with zero attached hydrogens (tertiary/aromatic N) is 2. The van der Waals surface area contributed by atoms with E-state index >= 15 is 0 Å². The van der Waals surface area contributed by atoms with E-state index in [0.717, 1.165) is 25.2 Å². The minimum Gasteiger partial charge on any atom is -0.387 e. The molecule has 1 aromatic rings. The number of amides is 1. The fourth-order valence-corrected chi connectivity index (χ4v) is 2.39. The Bertz CT molecular complexity index is 433. The van der Waals surface area contributed by atoms with Crippen LogP contribution in [0.2, 0.25) is 0 Å². The molecule has 1 aliphatic heterocycles. The van der Waals surface area contributed by atoms with Gasteiger partial charge in [0.25, 0.3) is 0 Å². The average Bonchev–Trinajstić information content (AvgIpc) is 2.85. The highest BCUT2D eigenvalue weighted by Gasteiger charge is 2.23. The zero-order valence-corrected chi connectivity index (χ0v) is 11.5. The minimum absolute atomic E-state index is 0.0198. The normalized spacial score (nSPS) is 20.4. The summed E-state index contributed by atoms with van der Waals surface area (Å²) >= 11 is 0. The molecule has 1 aromatic heterocycles. The lowest BCUT2D eigenvalue weighted by Crippen LogP contribution is -2.35. The number of carbonyl (C=O) groups is 1. The van der Waals surface area contributed by atoms with Crippen LogP contribution in [0.5, 0.6) is 0 Å². The summed E-state index contributed by atoms with van der Waals surface area (Å²) in [4.78, 5) is 17.5. The Labute approximate surface area is 113 Å². The van der Waals surface area contributed by atoms with Crippen molar-refractivity contribution in [3.8, 4) is 0 Å². The van der Waals surface area contributed by atoms with Crippen molar-refractivity contribution in [2.75, 3.05) is 18.0 Å². The number of hydrogen-bond donors (Lipinski definition) is 2. The molecule has 1 fully saturated rings. The van der Waals surface area contributed by atoms with Crippen molar-refractivity contribution >= 4 is 11.6 Å². The van der Waals surface area contributed by atoms with E-state index in [1.807, 2.05) is 19.1 Å². The summed E-state index contributed by atoms with van der Waals surface area (Å²) < 4.78 is 0. The van der Waals surface area contributed by atoms with Crippen LogP contribution in [0.4, 0.5) is 5.69 Å². The molecule has 2 N–H and O–H groups in total. The maximum Gasteiger partial charge on any atom is 0.217 e. The largest absolute Gasteiger partial charge is 0.387 e.